The van der Waals surface area contributed by atoms with Crippen LogP contribution in [0, 0.1) is 0 Å². The van der Waals surface area contributed by atoms with Gasteiger partial charge >= 0.3 is 0 Å². The number of nitrogens with zero attached hydrogens (tertiary/aromatic N) is 2. The second-order valence-electron chi connectivity index (χ2n) is 7.39. The molecule has 0 radical (unpaired) electrons. The monoisotopic (exact) mass is 287 g/mol. The third-order valence-electron chi connectivity index (χ3n) is 6.30. The zero-order valence-electron chi connectivity index (χ0n) is 13.5. The van der Waals surface area contributed by atoms with Gasteiger partial charge in [0.05, 0.1) is 5.69 Å². The van der Waals surface area contributed by atoms with Crippen LogP contribution in [0.3, 0.4) is 0 Å². The summed E-state index contributed by atoms with van der Waals surface area (Å²) in [6.07, 6.45) is 13.6. The van der Waals surface area contributed by atoms with Gasteiger partial charge < -0.3 is 9.88 Å². The maximum absolute atomic E-state index is 5.17. The molecule has 2 aliphatic carbocycles. The molecule has 0 unspecified atom stereocenters. The van der Waals surface area contributed by atoms with Crippen LogP contribution < -0.4 is 5.32 Å². The van der Waals surface area contributed by atoms with Gasteiger partial charge in [0, 0.05) is 36.7 Å². The SMILES string of the molecule is CCC1(n2c(C3CCCCC3)nc3c2CCNC3)CCC1. The van der Waals surface area contributed by atoms with E-state index < -0.39 is 0 Å². The van der Waals surface area contributed by atoms with Gasteiger partial charge in [-0.2, -0.15) is 0 Å². The molecule has 2 saturated carbocycles. The van der Waals surface area contributed by atoms with Crippen LogP contribution in [0.1, 0.15) is 87.8 Å². The van der Waals surface area contributed by atoms with Crippen LogP contribution in [0.5, 0.6) is 0 Å². The fraction of sp³-hybridized carbons (Fsp3) is 0.833. The van der Waals surface area contributed by atoms with Crippen molar-refractivity contribution in [2.45, 2.75) is 89.1 Å². The molecule has 3 aliphatic rings. The molecule has 1 N–H and O–H groups in total. The van der Waals surface area contributed by atoms with Crippen molar-refractivity contribution >= 4 is 0 Å². The Balaban J connectivity index is 1.79. The number of aromatic nitrogens is 2. The first-order chi connectivity index (χ1) is 10.3. The highest BCUT2D eigenvalue weighted by atomic mass is 15.2. The lowest BCUT2D eigenvalue weighted by molar-refractivity contribution is 0.124. The summed E-state index contributed by atoms with van der Waals surface area (Å²) in [5.41, 5.74) is 3.36. The first-order valence-electron chi connectivity index (χ1n) is 9.16. The molecule has 2 heterocycles. The highest BCUT2D eigenvalue weighted by molar-refractivity contribution is 5.26. The molecule has 3 nitrogen and oxygen atoms in total. The number of rotatable bonds is 3. The van der Waals surface area contributed by atoms with Crippen molar-refractivity contribution in [2.24, 2.45) is 0 Å². The zero-order valence-corrected chi connectivity index (χ0v) is 13.5. The molecule has 2 fully saturated rings. The lowest BCUT2D eigenvalue weighted by atomic mass is 9.73. The lowest BCUT2D eigenvalue weighted by Gasteiger charge is -2.46. The normalized spacial score (nSPS) is 25.4. The van der Waals surface area contributed by atoms with Gasteiger partial charge in [0.25, 0.3) is 0 Å². The Morgan fingerprint density at radius 3 is 2.67 bits per heavy atom. The van der Waals surface area contributed by atoms with E-state index >= 15 is 0 Å². The van der Waals surface area contributed by atoms with Crippen LogP contribution in [0.4, 0.5) is 0 Å². The van der Waals surface area contributed by atoms with Gasteiger partial charge in [-0.05, 0) is 38.5 Å². The Bertz CT molecular complexity index is 501. The van der Waals surface area contributed by atoms with E-state index in [0.717, 1.165) is 19.0 Å². The maximum atomic E-state index is 5.17. The third kappa shape index (κ3) is 2.16. The first kappa shape index (κ1) is 13.8. The molecule has 1 aliphatic heterocycles. The maximum Gasteiger partial charge on any atom is 0.112 e. The molecular formula is C18H29N3. The summed E-state index contributed by atoms with van der Waals surface area (Å²) < 4.78 is 2.77. The van der Waals surface area contributed by atoms with Gasteiger partial charge in [-0.3, -0.25) is 0 Å². The van der Waals surface area contributed by atoms with Crippen molar-refractivity contribution in [3.05, 3.63) is 17.2 Å². The Kier molecular flexibility index (Phi) is 3.56. The lowest BCUT2D eigenvalue weighted by Crippen LogP contribution is -2.43. The molecule has 0 amide bonds. The molecule has 21 heavy (non-hydrogen) atoms. The smallest absolute Gasteiger partial charge is 0.112 e. The summed E-state index contributed by atoms with van der Waals surface area (Å²) in [5, 5.41) is 3.51. The van der Waals surface area contributed by atoms with E-state index in [1.807, 2.05) is 0 Å². The second-order valence-corrected chi connectivity index (χ2v) is 7.39. The molecule has 116 valence electrons. The van der Waals surface area contributed by atoms with Crippen LogP contribution in [0.2, 0.25) is 0 Å². The zero-order chi connectivity index (χ0) is 14.3. The van der Waals surface area contributed by atoms with E-state index in [4.69, 9.17) is 4.98 Å². The minimum absolute atomic E-state index is 0.421. The van der Waals surface area contributed by atoms with Gasteiger partial charge in [0.15, 0.2) is 0 Å². The fourth-order valence-electron chi connectivity index (χ4n) is 4.82. The highest BCUT2D eigenvalue weighted by Crippen LogP contribution is 2.46. The summed E-state index contributed by atoms with van der Waals surface area (Å²) in [6, 6.07) is 0. The largest absolute Gasteiger partial charge is 0.325 e. The van der Waals surface area contributed by atoms with Gasteiger partial charge in [-0.15, -0.1) is 0 Å². The van der Waals surface area contributed by atoms with Gasteiger partial charge in [0.2, 0.25) is 0 Å². The van der Waals surface area contributed by atoms with E-state index in [1.165, 1.54) is 75.7 Å². The van der Waals surface area contributed by atoms with Gasteiger partial charge in [-0.25, -0.2) is 4.98 Å². The molecule has 0 bridgehead atoms. The number of nitrogens with one attached hydrogen (secondary N) is 1. The summed E-state index contributed by atoms with van der Waals surface area (Å²) in [6.45, 7) is 4.50. The minimum Gasteiger partial charge on any atom is -0.325 e. The van der Waals surface area contributed by atoms with Crippen molar-refractivity contribution in [2.75, 3.05) is 6.54 Å². The van der Waals surface area contributed by atoms with Crippen LogP contribution in [-0.4, -0.2) is 16.1 Å². The Morgan fingerprint density at radius 2 is 2.00 bits per heavy atom. The highest BCUT2D eigenvalue weighted by Gasteiger charge is 2.42. The first-order valence-corrected chi connectivity index (χ1v) is 9.16. The summed E-state index contributed by atoms with van der Waals surface area (Å²) >= 11 is 0. The minimum atomic E-state index is 0.421. The molecule has 0 saturated heterocycles. The van der Waals surface area contributed by atoms with Gasteiger partial charge in [-0.1, -0.05) is 26.2 Å². The van der Waals surface area contributed by atoms with Crippen molar-refractivity contribution < 1.29 is 0 Å². The standard InChI is InChI=1S/C18H29N3/c1-2-18(10-6-11-18)21-16-9-12-19-13-15(16)20-17(21)14-7-4-3-5-8-14/h14,19H,2-13H2,1H3. The molecule has 0 aromatic carbocycles. The predicted molar refractivity (Wildman–Crippen MR) is 85.6 cm³/mol. The van der Waals surface area contributed by atoms with Crippen molar-refractivity contribution in [3.63, 3.8) is 0 Å². The average molecular weight is 287 g/mol. The van der Waals surface area contributed by atoms with E-state index in [2.05, 4.69) is 16.8 Å². The number of fused-ring (bicyclic) bond motifs is 1. The van der Waals surface area contributed by atoms with E-state index in [0.29, 0.717) is 5.54 Å². The quantitative estimate of drug-likeness (QED) is 0.914. The Morgan fingerprint density at radius 1 is 1.19 bits per heavy atom. The molecular weight excluding hydrogens is 258 g/mol. The van der Waals surface area contributed by atoms with Crippen LogP contribution in [0.15, 0.2) is 0 Å². The Hall–Kier alpha value is -0.830. The summed E-state index contributed by atoms with van der Waals surface area (Å²) in [4.78, 5) is 5.17. The molecule has 0 atom stereocenters. The second kappa shape index (κ2) is 5.42. The van der Waals surface area contributed by atoms with Crippen LogP contribution in [-0.2, 0) is 18.5 Å². The molecule has 0 spiro atoms. The number of hydrogen-bond donors (Lipinski definition) is 1. The predicted octanol–water partition coefficient (Wildman–Crippen LogP) is 3.87. The third-order valence-corrected chi connectivity index (χ3v) is 6.30. The van der Waals surface area contributed by atoms with E-state index in [-0.39, 0.29) is 0 Å². The van der Waals surface area contributed by atoms with Crippen molar-refractivity contribution in [1.29, 1.82) is 0 Å². The summed E-state index contributed by atoms with van der Waals surface area (Å²) in [7, 11) is 0. The molecule has 1 aromatic heterocycles. The average Bonchev–Trinajstić information content (AvgIpc) is 2.88. The summed E-state index contributed by atoms with van der Waals surface area (Å²) in [5.74, 6) is 2.19. The molecule has 3 heteroatoms. The van der Waals surface area contributed by atoms with Crippen LogP contribution in [0.25, 0.3) is 0 Å². The van der Waals surface area contributed by atoms with Crippen molar-refractivity contribution in [1.82, 2.24) is 14.9 Å². The topological polar surface area (TPSA) is 29.9 Å². The van der Waals surface area contributed by atoms with E-state index in [1.54, 1.807) is 5.69 Å². The van der Waals surface area contributed by atoms with Gasteiger partial charge in [0.1, 0.15) is 5.82 Å². The van der Waals surface area contributed by atoms with Crippen LogP contribution >= 0.6 is 0 Å². The Labute approximate surface area is 128 Å². The fourth-order valence-corrected chi connectivity index (χ4v) is 4.82. The number of imidazole rings is 1. The molecule has 4 rings (SSSR count). The van der Waals surface area contributed by atoms with Crippen molar-refractivity contribution in [3.8, 4) is 0 Å². The van der Waals surface area contributed by atoms with E-state index in [9.17, 15) is 0 Å². The molecule has 1 aromatic rings. The number of hydrogen-bond acceptors (Lipinski definition) is 2.